The van der Waals surface area contributed by atoms with Crippen LogP contribution in [0.4, 0.5) is 5.69 Å². The van der Waals surface area contributed by atoms with E-state index in [1.54, 1.807) is 0 Å². The SMILES string of the molecule is C=CCN(CC(=O)O)C(=O)c1ccc(Cl)c(N)c1. The number of carbonyl (C=O) groups is 2. The zero-order valence-electron chi connectivity index (χ0n) is 9.60. The third kappa shape index (κ3) is 3.49. The lowest BCUT2D eigenvalue weighted by molar-refractivity contribution is -0.137. The number of halogens is 1. The van der Waals surface area contributed by atoms with E-state index in [1.807, 2.05) is 0 Å². The van der Waals surface area contributed by atoms with E-state index in [9.17, 15) is 9.59 Å². The van der Waals surface area contributed by atoms with Gasteiger partial charge < -0.3 is 15.7 Å². The van der Waals surface area contributed by atoms with E-state index in [0.717, 1.165) is 4.90 Å². The molecule has 0 atom stereocenters. The quantitative estimate of drug-likeness (QED) is 0.628. The summed E-state index contributed by atoms with van der Waals surface area (Å²) in [4.78, 5) is 23.9. The van der Waals surface area contributed by atoms with Crippen molar-refractivity contribution >= 4 is 29.2 Å². The summed E-state index contributed by atoms with van der Waals surface area (Å²) in [5.41, 5.74) is 6.16. The van der Waals surface area contributed by atoms with Crippen molar-refractivity contribution in [1.82, 2.24) is 4.90 Å². The Balaban J connectivity index is 2.97. The Bertz CT molecular complexity index is 488. The number of carbonyl (C=O) groups excluding carboxylic acids is 1. The fraction of sp³-hybridized carbons (Fsp3) is 0.167. The summed E-state index contributed by atoms with van der Waals surface area (Å²) in [6.45, 7) is 3.23. The Morgan fingerprint density at radius 3 is 2.67 bits per heavy atom. The van der Waals surface area contributed by atoms with Gasteiger partial charge in [-0.25, -0.2) is 0 Å². The minimum atomic E-state index is -1.09. The number of hydrogen-bond acceptors (Lipinski definition) is 3. The van der Waals surface area contributed by atoms with E-state index in [-0.39, 0.29) is 12.2 Å². The number of nitrogens with two attached hydrogens (primary N) is 1. The molecular formula is C12H13ClN2O3. The average molecular weight is 269 g/mol. The first kappa shape index (κ1) is 14.1. The highest BCUT2D eigenvalue weighted by Crippen LogP contribution is 2.20. The Kier molecular flexibility index (Phi) is 4.74. The van der Waals surface area contributed by atoms with Crippen LogP contribution in [-0.4, -0.2) is 35.0 Å². The second-order valence-corrected chi connectivity index (χ2v) is 4.01. The Labute approximate surface area is 109 Å². The summed E-state index contributed by atoms with van der Waals surface area (Å²) >= 11 is 5.75. The molecule has 0 saturated carbocycles. The number of carboxylic acid groups (broad SMARTS) is 1. The van der Waals surface area contributed by atoms with Gasteiger partial charge in [0.1, 0.15) is 6.54 Å². The molecule has 0 aliphatic rings. The van der Waals surface area contributed by atoms with Crippen molar-refractivity contribution < 1.29 is 14.7 Å². The normalized spacial score (nSPS) is 9.83. The zero-order valence-corrected chi connectivity index (χ0v) is 10.4. The summed E-state index contributed by atoms with van der Waals surface area (Å²) in [6, 6.07) is 4.42. The molecule has 0 aliphatic carbocycles. The number of nitrogens with zero attached hydrogens (tertiary/aromatic N) is 1. The molecule has 1 aromatic rings. The maximum Gasteiger partial charge on any atom is 0.323 e. The van der Waals surface area contributed by atoms with Crippen molar-refractivity contribution in [2.75, 3.05) is 18.8 Å². The molecule has 0 fully saturated rings. The van der Waals surface area contributed by atoms with Crippen LogP contribution >= 0.6 is 11.6 Å². The summed E-state index contributed by atoms with van der Waals surface area (Å²) in [5.74, 6) is -1.52. The molecule has 0 aromatic heterocycles. The predicted octanol–water partition coefficient (Wildman–Crippen LogP) is 1.64. The molecule has 0 unspecified atom stereocenters. The number of hydrogen-bond donors (Lipinski definition) is 2. The molecule has 0 heterocycles. The van der Waals surface area contributed by atoms with Crippen LogP contribution in [0.1, 0.15) is 10.4 Å². The number of nitrogen functional groups attached to an aromatic ring is 1. The van der Waals surface area contributed by atoms with Crippen LogP contribution < -0.4 is 5.73 Å². The van der Waals surface area contributed by atoms with Crippen LogP contribution in [0.5, 0.6) is 0 Å². The van der Waals surface area contributed by atoms with Crippen LogP contribution in [0.25, 0.3) is 0 Å². The second kappa shape index (κ2) is 6.07. The van der Waals surface area contributed by atoms with Gasteiger partial charge in [-0.2, -0.15) is 0 Å². The molecule has 1 rings (SSSR count). The first-order valence-corrected chi connectivity index (χ1v) is 5.50. The van der Waals surface area contributed by atoms with Gasteiger partial charge in [-0.3, -0.25) is 9.59 Å². The molecule has 0 saturated heterocycles. The fourth-order valence-corrected chi connectivity index (χ4v) is 1.52. The van der Waals surface area contributed by atoms with E-state index < -0.39 is 18.4 Å². The molecule has 0 bridgehead atoms. The highest BCUT2D eigenvalue weighted by Gasteiger charge is 2.17. The summed E-state index contributed by atoms with van der Waals surface area (Å²) in [6.07, 6.45) is 1.46. The molecule has 0 radical (unpaired) electrons. The van der Waals surface area contributed by atoms with E-state index in [4.69, 9.17) is 22.4 Å². The van der Waals surface area contributed by atoms with Gasteiger partial charge in [0.25, 0.3) is 5.91 Å². The third-order valence-electron chi connectivity index (χ3n) is 2.21. The summed E-state index contributed by atoms with van der Waals surface area (Å²) in [5, 5.41) is 9.08. The lowest BCUT2D eigenvalue weighted by Gasteiger charge is -2.19. The molecule has 5 nitrogen and oxygen atoms in total. The van der Waals surface area contributed by atoms with Gasteiger partial charge in [-0.05, 0) is 18.2 Å². The zero-order chi connectivity index (χ0) is 13.7. The maximum absolute atomic E-state index is 12.0. The van der Waals surface area contributed by atoms with Crippen molar-refractivity contribution in [2.24, 2.45) is 0 Å². The van der Waals surface area contributed by atoms with Crippen LogP contribution in [-0.2, 0) is 4.79 Å². The predicted molar refractivity (Wildman–Crippen MR) is 69.6 cm³/mol. The Hall–Kier alpha value is -2.01. The van der Waals surface area contributed by atoms with Crippen molar-refractivity contribution in [3.63, 3.8) is 0 Å². The summed E-state index contributed by atoms with van der Waals surface area (Å²) < 4.78 is 0. The molecule has 0 spiro atoms. The average Bonchev–Trinajstić information content (AvgIpc) is 2.31. The van der Waals surface area contributed by atoms with Crippen molar-refractivity contribution in [1.29, 1.82) is 0 Å². The monoisotopic (exact) mass is 268 g/mol. The highest BCUT2D eigenvalue weighted by atomic mass is 35.5. The van der Waals surface area contributed by atoms with Crippen LogP contribution in [0.3, 0.4) is 0 Å². The third-order valence-corrected chi connectivity index (χ3v) is 2.55. The Morgan fingerprint density at radius 2 is 2.17 bits per heavy atom. The standard InChI is InChI=1S/C12H13ClN2O3/c1-2-5-15(7-11(16)17)12(18)8-3-4-9(13)10(14)6-8/h2-4,6H,1,5,7,14H2,(H,16,17). The Morgan fingerprint density at radius 1 is 1.50 bits per heavy atom. The maximum atomic E-state index is 12.0. The van der Waals surface area contributed by atoms with Gasteiger partial charge >= 0.3 is 5.97 Å². The largest absolute Gasteiger partial charge is 0.480 e. The van der Waals surface area contributed by atoms with E-state index in [2.05, 4.69) is 6.58 Å². The van der Waals surface area contributed by atoms with Gasteiger partial charge in [0.2, 0.25) is 0 Å². The second-order valence-electron chi connectivity index (χ2n) is 3.60. The molecule has 1 amide bonds. The van der Waals surface area contributed by atoms with Crippen LogP contribution in [0.15, 0.2) is 30.9 Å². The number of aliphatic carboxylic acids is 1. The molecule has 1 aromatic carbocycles. The van der Waals surface area contributed by atoms with Gasteiger partial charge in [0.15, 0.2) is 0 Å². The first-order chi connectivity index (χ1) is 8.45. The number of anilines is 1. The van der Waals surface area contributed by atoms with Gasteiger partial charge in [-0.15, -0.1) is 6.58 Å². The summed E-state index contributed by atoms with van der Waals surface area (Å²) in [7, 11) is 0. The molecule has 3 N–H and O–H groups in total. The minimum Gasteiger partial charge on any atom is -0.480 e. The van der Waals surface area contributed by atoms with E-state index in [1.165, 1.54) is 24.3 Å². The number of benzene rings is 1. The van der Waals surface area contributed by atoms with Crippen LogP contribution in [0.2, 0.25) is 5.02 Å². The fourth-order valence-electron chi connectivity index (χ4n) is 1.40. The highest BCUT2D eigenvalue weighted by molar-refractivity contribution is 6.33. The molecule has 96 valence electrons. The number of carboxylic acids is 1. The topological polar surface area (TPSA) is 83.6 Å². The lowest BCUT2D eigenvalue weighted by Crippen LogP contribution is -2.35. The van der Waals surface area contributed by atoms with Crippen LogP contribution in [0, 0.1) is 0 Å². The first-order valence-electron chi connectivity index (χ1n) is 5.12. The van der Waals surface area contributed by atoms with Crippen molar-refractivity contribution in [3.8, 4) is 0 Å². The minimum absolute atomic E-state index is 0.146. The van der Waals surface area contributed by atoms with E-state index in [0.29, 0.717) is 10.6 Å². The van der Waals surface area contributed by atoms with Crippen molar-refractivity contribution in [2.45, 2.75) is 0 Å². The molecule has 18 heavy (non-hydrogen) atoms. The van der Waals surface area contributed by atoms with Crippen molar-refractivity contribution in [3.05, 3.63) is 41.4 Å². The lowest BCUT2D eigenvalue weighted by atomic mass is 10.1. The molecular weight excluding hydrogens is 256 g/mol. The number of amides is 1. The molecule has 0 aliphatic heterocycles. The van der Waals surface area contributed by atoms with E-state index >= 15 is 0 Å². The molecule has 6 heteroatoms. The smallest absolute Gasteiger partial charge is 0.323 e. The number of rotatable bonds is 5. The van der Waals surface area contributed by atoms with Gasteiger partial charge in [0, 0.05) is 12.1 Å². The van der Waals surface area contributed by atoms with Gasteiger partial charge in [-0.1, -0.05) is 17.7 Å². The van der Waals surface area contributed by atoms with Gasteiger partial charge in [0.05, 0.1) is 10.7 Å².